The molecule has 1 aromatic rings. The van der Waals surface area contributed by atoms with Gasteiger partial charge in [-0.3, -0.25) is 4.79 Å². The van der Waals surface area contributed by atoms with E-state index in [-0.39, 0.29) is 17.9 Å². The summed E-state index contributed by atoms with van der Waals surface area (Å²) in [6.45, 7) is 5.95. The zero-order valence-electron chi connectivity index (χ0n) is 19.6. The van der Waals surface area contributed by atoms with Crippen LogP contribution >= 0.6 is 0 Å². The van der Waals surface area contributed by atoms with Crippen molar-refractivity contribution in [2.24, 2.45) is 11.8 Å². The number of hydrogen-bond donors (Lipinski definition) is 1. The van der Waals surface area contributed by atoms with Gasteiger partial charge >= 0.3 is 0 Å². The minimum absolute atomic E-state index is 0.0679. The normalized spacial score (nSPS) is 19.4. The van der Waals surface area contributed by atoms with Crippen molar-refractivity contribution < 1.29 is 13.2 Å². The van der Waals surface area contributed by atoms with Crippen molar-refractivity contribution in [1.82, 2.24) is 14.5 Å². The van der Waals surface area contributed by atoms with Crippen molar-refractivity contribution in [3.63, 3.8) is 0 Å². The average molecular weight is 450 g/mol. The molecule has 3 rings (SSSR count). The molecule has 7 heteroatoms. The average Bonchev–Trinajstić information content (AvgIpc) is 2.72. The summed E-state index contributed by atoms with van der Waals surface area (Å²) in [6.07, 6.45) is 6.41. The van der Waals surface area contributed by atoms with Gasteiger partial charge in [-0.15, -0.1) is 0 Å². The second-order valence-corrected chi connectivity index (χ2v) is 11.9. The van der Waals surface area contributed by atoms with Crippen molar-refractivity contribution in [2.75, 3.05) is 33.7 Å². The SMILES string of the molecule is CC(C)CC(CN(C)C)NC(=O)C1CCN(S(=O)(=O)c2ccc3c(c2)CCCC3)CC1. The zero-order chi connectivity index (χ0) is 22.6. The molecule has 1 aromatic carbocycles. The van der Waals surface area contributed by atoms with E-state index in [2.05, 4.69) is 24.1 Å². The number of sulfonamides is 1. The maximum atomic E-state index is 13.2. The van der Waals surface area contributed by atoms with Crippen LogP contribution in [0.2, 0.25) is 0 Å². The second-order valence-electron chi connectivity index (χ2n) is 9.91. The fourth-order valence-corrected chi connectivity index (χ4v) is 6.41. The van der Waals surface area contributed by atoms with Crippen molar-refractivity contribution in [3.05, 3.63) is 29.3 Å². The Labute approximate surface area is 188 Å². The van der Waals surface area contributed by atoms with Gasteiger partial charge in [-0.2, -0.15) is 4.31 Å². The largest absolute Gasteiger partial charge is 0.352 e. The first-order valence-electron chi connectivity index (χ1n) is 11.7. The summed E-state index contributed by atoms with van der Waals surface area (Å²) >= 11 is 0. The molecular weight excluding hydrogens is 410 g/mol. The number of benzene rings is 1. The Morgan fingerprint density at radius 1 is 1.13 bits per heavy atom. The van der Waals surface area contributed by atoms with Crippen LogP contribution in [0, 0.1) is 11.8 Å². The van der Waals surface area contributed by atoms with Crippen LogP contribution in [0.3, 0.4) is 0 Å². The summed E-state index contributed by atoms with van der Waals surface area (Å²) in [5, 5.41) is 3.22. The molecule has 174 valence electrons. The Hall–Kier alpha value is -1.44. The highest BCUT2D eigenvalue weighted by Crippen LogP contribution is 2.28. The highest BCUT2D eigenvalue weighted by Gasteiger charge is 2.33. The number of piperidine rings is 1. The molecule has 1 N–H and O–H groups in total. The molecule has 0 spiro atoms. The van der Waals surface area contributed by atoms with Crippen LogP contribution in [0.4, 0.5) is 0 Å². The molecule has 0 radical (unpaired) electrons. The number of aryl methyl sites for hydroxylation is 2. The van der Waals surface area contributed by atoms with E-state index in [1.54, 1.807) is 10.4 Å². The second kappa shape index (κ2) is 10.5. The number of carbonyl (C=O) groups is 1. The number of hydrogen-bond acceptors (Lipinski definition) is 4. The van der Waals surface area contributed by atoms with E-state index >= 15 is 0 Å². The van der Waals surface area contributed by atoms with Gasteiger partial charge in [-0.25, -0.2) is 8.42 Å². The van der Waals surface area contributed by atoms with Gasteiger partial charge in [0.15, 0.2) is 0 Å². The van der Waals surface area contributed by atoms with E-state index < -0.39 is 10.0 Å². The molecule has 0 saturated carbocycles. The molecule has 1 aliphatic heterocycles. The van der Waals surface area contributed by atoms with Crippen LogP contribution in [-0.4, -0.2) is 63.3 Å². The number of fused-ring (bicyclic) bond motifs is 1. The van der Waals surface area contributed by atoms with Gasteiger partial charge in [0.1, 0.15) is 0 Å². The summed E-state index contributed by atoms with van der Waals surface area (Å²) in [5.74, 6) is 0.457. The molecule has 1 heterocycles. The summed E-state index contributed by atoms with van der Waals surface area (Å²) in [7, 11) is 0.530. The summed E-state index contributed by atoms with van der Waals surface area (Å²) in [4.78, 5) is 15.4. The quantitative estimate of drug-likeness (QED) is 0.662. The smallest absolute Gasteiger partial charge is 0.243 e. The Kier molecular flexibility index (Phi) is 8.16. The molecule has 1 unspecified atom stereocenters. The lowest BCUT2D eigenvalue weighted by Crippen LogP contribution is -2.48. The first-order chi connectivity index (χ1) is 14.7. The third kappa shape index (κ3) is 6.30. The minimum Gasteiger partial charge on any atom is -0.352 e. The van der Waals surface area contributed by atoms with Crippen LogP contribution in [0.15, 0.2) is 23.1 Å². The Morgan fingerprint density at radius 3 is 2.39 bits per heavy atom. The zero-order valence-corrected chi connectivity index (χ0v) is 20.4. The lowest BCUT2D eigenvalue weighted by Gasteiger charge is -2.32. The third-order valence-electron chi connectivity index (χ3n) is 6.47. The monoisotopic (exact) mass is 449 g/mol. The standard InChI is InChI=1S/C24H39N3O3S/c1-18(2)15-22(17-26(3)4)25-24(28)20-11-13-27(14-12-20)31(29,30)23-10-9-19-7-5-6-8-21(19)16-23/h9-10,16,18,20,22H,5-8,11-15,17H2,1-4H3,(H,25,28). The molecule has 1 amide bonds. The number of carbonyl (C=O) groups excluding carboxylic acids is 1. The van der Waals surface area contributed by atoms with E-state index in [1.807, 2.05) is 26.2 Å². The van der Waals surface area contributed by atoms with Gasteiger partial charge in [0.2, 0.25) is 15.9 Å². The van der Waals surface area contributed by atoms with Gasteiger partial charge < -0.3 is 10.2 Å². The fraction of sp³-hybridized carbons (Fsp3) is 0.708. The predicted octanol–water partition coefficient (Wildman–Crippen LogP) is 3.06. The van der Waals surface area contributed by atoms with Crippen LogP contribution in [0.25, 0.3) is 0 Å². The maximum absolute atomic E-state index is 13.2. The lowest BCUT2D eigenvalue weighted by molar-refractivity contribution is -0.127. The van der Waals surface area contributed by atoms with Gasteiger partial charge in [0.25, 0.3) is 0 Å². The summed E-state index contributed by atoms with van der Waals surface area (Å²) in [6, 6.07) is 5.75. The van der Waals surface area contributed by atoms with Gasteiger partial charge in [0.05, 0.1) is 4.90 Å². The molecule has 1 atom stereocenters. The van der Waals surface area contributed by atoms with E-state index in [1.165, 1.54) is 17.5 Å². The first-order valence-corrected chi connectivity index (χ1v) is 13.2. The van der Waals surface area contributed by atoms with Gasteiger partial charge in [0, 0.05) is 31.6 Å². The summed E-state index contributed by atoms with van der Waals surface area (Å²) in [5.41, 5.74) is 2.47. The number of amides is 1. The number of nitrogens with zero attached hydrogens (tertiary/aromatic N) is 2. The molecule has 0 bridgehead atoms. The summed E-state index contributed by atoms with van der Waals surface area (Å²) < 4.78 is 27.9. The predicted molar refractivity (Wildman–Crippen MR) is 125 cm³/mol. The third-order valence-corrected chi connectivity index (χ3v) is 8.36. The molecule has 1 saturated heterocycles. The molecule has 0 aromatic heterocycles. The van der Waals surface area contributed by atoms with Crippen LogP contribution in [0.1, 0.15) is 57.1 Å². The minimum atomic E-state index is -3.50. The Bertz CT molecular complexity index is 849. The van der Waals surface area contributed by atoms with E-state index in [9.17, 15) is 13.2 Å². The number of nitrogens with one attached hydrogen (secondary N) is 1. The maximum Gasteiger partial charge on any atom is 0.243 e. The van der Waals surface area contributed by atoms with Crippen molar-refractivity contribution in [1.29, 1.82) is 0 Å². The molecular formula is C24H39N3O3S. The van der Waals surface area contributed by atoms with Gasteiger partial charge in [-0.1, -0.05) is 19.9 Å². The lowest BCUT2D eigenvalue weighted by atomic mass is 9.92. The van der Waals surface area contributed by atoms with Crippen molar-refractivity contribution in [2.45, 2.75) is 69.7 Å². The van der Waals surface area contributed by atoms with Crippen LogP contribution < -0.4 is 5.32 Å². The number of likely N-dealkylation sites (N-methyl/N-ethyl adjacent to an activating group) is 1. The first kappa shape index (κ1) is 24.2. The highest BCUT2D eigenvalue weighted by molar-refractivity contribution is 7.89. The molecule has 2 aliphatic rings. The fourth-order valence-electron chi connectivity index (χ4n) is 4.89. The molecule has 1 fully saturated rings. The molecule has 31 heavy (non-hydrogen) atoms. The van der Waals surface area contributed by atoms with Crippen molar-refractivity contribution >= 4 is 15.9 Å². The van der Waals surface area contributed by atoms with Crippen LogP contribution in [-0.2, 0) is 27.7 Å². The molecule has 6 nitrogen and oxygen atoms in total. The van der Waals surface area contributed by atoms with E-state index in [0.29, 0.717) is 36.7 Å². The molecule has 1 aliphatic carbocycles. The number of rotatable bonds is 8. The van der Waals surface area contributed by atoms with E-state index in [4.69, 9.17) is 0 Å². The Balaban J connectivity index is 1.59. The van der Waals surface area contributed by atoms with E-state index in [0.717, 1.165) is 32.2 Å². The van der Waals surface area contributed by atoms with Crippen molar-refractivity contribution in [3.8, 4) is 0 Å². The highest BCUT2D eigenvalue weighted by atomic mass is 32.2. The van der Waals surface area contributed by atoms with Gasteiger partial charge in [-0.05, 0) is 88.2 Å². The topological polar surface area (TPSA) is 69.7 Å². The Morgan fingerprint density at radius 2 is 1.77 bits per heavy atom. The van der Waals surface area contributed by atoms with Crippen LogP contribution in [0.5, 0.6) is 0 Å².